The summed E-state index contributed by atoms with van der Waals surface area (Å²) in [7, 11) is 0. The van der Waals surface area contributed by atoms with Crippen LogP contribution in [0.1, 0.15) is 43.4 Å². The van der Waals surface area contributed by atoms with E-state index in [1.807, 2.05) is 12.3 Å². The van der Waals surface area contributed by atoms with Crippen LogP contribution in [0.2, 0.25) is 0 Å². The molecule has 1 aliphatic heterocycles. The molecule has 2 heterocycles. The molecule has 1 unspecified atom stereocenters. The van der Waals surface area contributed by atoms with Crippen LogP contribution < -0.4 is 0 Å². The summed E-state index contributed by atoms with van der Waals surface area (Å²) < 4.78 is 5.34. The second-order valence-corrected chi connectivity index (χ2v) is 4.74. The zero-order valence-corrected chi connectivity index (χ0v) is 10.4. The lowest BCUT2D eigenvalue weighted by molar-refractivity contribution is 0.0433. The molecule has 3 heteroatoms. The normalized spacial score (nSPS) is 19.2. The first-order valence-electron chi connectivity index (χ1n) is 6.49. The Morgan fingerprint density at radius 2 is 2.24 bits per heavy atom. The highest BCUT2D eigenvalue weighted by Crippen LogP contribution is 2.28. The Bertz CT molecular complexity index is 348. The fourth-order valence-electron chi connectivity index (χ4n) is 2.48. The van der Waals surface area contributed by atoms with Gasteiger partial charge in [0, 0.05) is 25.6 Å². The first-order valence-corrected chi connectivity index (χ1v) is 6.49. The second kappa shape index (κ2) is 6.12. The molecule has 1 atom stereocenters. The topological polar surface area (TPSA) is 42.4 Å². The van der Waals surface area contributed by atoms with Gasteiger partial charge in [0.25, 0.3) is 0 Å². The van der Waals surface area contributed by atoms with Crippen LogP contribution in [0.5, 0.6) is 0 Å². The van der Waals surface area contributed by atoms with Gasteiger partial charge in [0.1, 0.15) is 0 Å². The van der Waals surface area contributed by atoms with E-state index in [1.54, 1.807) is 6.20 Å². The average molecular weight is 235 g/mol. The maximum absolute atomic E-state index is 10.3. The predicted molar refractivity (Wildman–Crippen MR) is 66.7 cm³/mol. The van der Waals surface area contributed by atoms with Crippen molar-refractivity contribution in [3.63, 3.8) is 0 Å². The first-order chi connectivity index (χ1) is 8.31. The Hall–Kier alpha value is -0.930. The van der Waals surface area contributed by atoms with Crippen molar-refractivity contribution in [3.8, 4) is 0 Å². The van der Waals surface area contributed by atoms with Crippen LogP contribution in [-0.4, -0.2) is 23.3 Å². The van der Waals surface area contributed by atoms with Gasteiger partial charge in [0.2, 0.25) is 0 Å². The number of pyridine rings is 1. The van der Waals surface area contributed by atoms with E-state index in [2.05, 4.69) is 11.9 Å². The Labute approximate surface area is 103 Å². The Morgan fingerprint density at radius 1 is 1.47 bits per heavy atom. The number of hydrogen-bond acceptors (Lipinski definition) is 3. The third-order valence-electron chi connectivity index (χ3n) is 3.58. The number of nitrogens with zero attached hydrogens (tertiary/aromatic N) is 1. The van der Waals surface area contributed by atoms with E-state index in [1.165, 1.54) is 0 Å². The molecule has 0 aliphatic carbocycles. The first kappa shape index (κ1) is 12.5. The summed E-state index contributed by atoms with van der Waals surface area (Å²) in [4.78, 5) is 4.11. The zero-order valence-electron chi connectivity index (χ0n) is 10.4. The Balaban J connectivity index is 2.00. The largest absolute Gasteiger partial charge is 0.388 e. The standard InChI is InChI=1S/C14H21NO2/c1-2-12-10-15-6-3-13(12)14(16)9-11-4-7-17-8-5-11/h3,6,10-11,14,16H,2,4-5,7-9H2,1H3. The van der Waals surface area contributed by atoms with Crippen LogP contribution in [0.15, 0.2) is 18.5 Å². The Morgan fingerprint density at radius 3 is 2.94 bits per heavy atom. The fourth-order valence-corrected chi connectivity index (χ4v) is 2.48. The van der Waals surface area contributed by atoms with Crippen molar-refractivity contribution < 1.29 is 9.84 Å². The minimum Gasteiger partial charge on any atom is -0.388 e. The molecule has 1 aromatic heterocycles. The maximum atomic E-state index is 10.3. The molecule has 1 fully saturated rings. The van der Waals surface area contributed by atoms with Crippen LogP contribution in [0, 0.1) is 5.92 Å². The number of aromatic nitrogens is 1. The van der Waals surface area contributed by atoms with E-state index in [9.17, 15) is 5.11 Å². The van der Waals surface area contributed by atoms with Crippen LogP contribution in [0.25, 0.3) is 0 Å². The second-order valence-electron chi connectivity index (χ2n) is 4.74. The lowest BCUT2D eigenvalue weighted by Crippen LogP contribution is -2.18. The molecule has 0 spiro atoms. The summed E-state index contributed by atoms with van der Waals surface area (Å²) in [6, 6.07) is 1.95. The molecule has 1 aliphatic rings. The molecule has 0 saturated carbocycles. The summed E-state index contributed by atoms with van der Waals surface area (Å²) in [5.41, 5.74) is 2.21. The molecule has 0 amide bonds. The highest BCUT2D eigenvalue weighted by atomic mass is 16.5. The molecule has 1 N–H and O–H groups in total. The molecule has 1 saturated heterocycles. The van der Waals surface area contributed by atoms with Gasteiger partial charge >= 0.3 is 0 Å². The predicted octanol–water partition coefficient (Wildman–Crippen LogP) is 2.49. The summed E-state index contributed by atoms with van der Waals surface area (Å²) in [5, 5.41) is 10.3. The van der Waals surface area contributed by atoms with Gasteiger partial charge in [-0.15, -0.1) is 0 Å². The third-order valence-corrected chi connectivity index (χ3v) is 3.58. The van der Waals surface area contributed by atoms with Crippen LogP contribution >= 0.6 is 0 Å². The molecule has 0 radical (unpaired) electrons. The molecule has 2 rings (SSSR count). The molecule has 17 heavy (non-hydrogen) atoms. The van der Waals surface area contributed by atoms with Crippen molar-refractivity contribution in [2.24, 2.45) is 5.92 Å². The van der Waals surface area contributed by atoms with Crippen LogP contribution in [0.4, 0.5) is 0 Å². The lowest BCUT2D eigenvalue weighted by Gasteiger charge is -2.25. The van der Waals surface area contributed by atoms with Crippen molar-refractivity contribution in [1.82, 2.24) is 4.98 Å². The van der Waals surface area contributed by atoms with Crippen LogP contribution in [-0.2, 0) is 11.2 Å². The maximum Gasteiger partial charge on any atom is 0.0796 e. The quantitative estimate of drug-likeness (QED) is 0.872. The minimum absolute atomic E-state index is 0.351. The molecular weight excluding hydrogens is 214 g/mol. The van der Waals surface area contributed by atoms with Gasteiger partial charge in [-0.1, -0.05) is 6.92 Å². The van der Waals surface area contributed by atoms with E-state index in [0.29, 0.717) is 5.92 Å². The van der Waals surface area contributed by atoms with E-state index in [4.69, 9.17) is 4.74 Å². The number of aliphatic hydroxyl groups is 1. The average Bonchev–Trinajstić information content (AvgIpc) is 2.40. The van der Waals surface area contributed by atoms with Gasteiger partial charge < -0.3 is 9.84 Å². The fraction of sp³-hybridized carbons (Fsp3) is 0.643. The zero-order chi connectivity index (χ0) is 12.1. The van der Waals surface area contributed by atoms with E-state index in [-0.39, 0.29) is 6.10 Å². The van der Waals surface area contributed by atoms with E-state index in [0.717, 1.165) is 50.0 Å². The highest BCUT2D eigenvalue weighted by Gasteiger charge is 2.20. The molecule has 0 bridgehead atoms. The third kappa shape index (κ3) is 3.27. The monoisotopic (exact) mass is 235 g/mol. The smallest absolute Gasteiger partial charge is 0.0796 e. The van der Waals surface area contributed by atoms with Crippen molar-refractivity contribution >= 4 is 0 Å². The number of ether oxygens (including phenoxy) is 1. The molecule has 0 aromatic carbocycles. The number of aryl methyl sites for hydroxylation is 1. The number of aliphatic hydroxyl groups excluding tert-OH is 1. The minimum atomic E-state index is -0.351. The number of rotatable bonds is 4. The molecule has 94 valence electrons. The van der Waals surface area contributed by atoms with E-state index >= 15 is 0 Å². The van der Waals surface area contributed by atoms with Crippen molar-refractivity contribution in [1.29, 1.82) is 0 Å². The lowest BCUT2D eigenvalue weighted by atomic mass is 9.89. The van der Waals surface area contributed by atoms with Gasteiger partial charge in [0.15, 0.2) is 0 Å². The highest BCUT2D eigenvalue weighted by molar-refractivity contribution is 5.25. The summed E-state index contributed by atoms with van der Waals surface area (Å²) >= 11 is 0. The van der Waals surface area contributed by atoms with Gasteiger partial charge in [0.05, 0.1) is 6.10 Å². The van der Waals surface area contributed by atoms with Crippen molar-refractivity contribution in [2.75, 3.05) is 13.2 Å². The van der Waals surface area contributed by atoms with E-state index < -0.39 is 0 Å². The summed E-state index contributed by atoms with van der Waals surface area (Å²) in [5.74, 6) is 0.594. The van der Waals surface area contributed by atoms with Crippen molar-refractivity contribution in [3.05, 3.63) is 29.6 Å². The van der Waals surface area contributed by atoms with Crippen LogP contribution in [0.3, 0.4) is 0 Å². The van der Waals surface area contributed by atoms with Gasteiger partial charge in [-0.3, -0.25) is 4.98 Å². The van der Waals surface area contributed by atoms with Gasteiger partial charge in [-0.2, -0.15) is 0 Å². The van der Waals surface area contributed by atoms with Gasteiger partial charge in [-0.05, 0) is 48.8 Å². The molecule has 1 aromatic rings. The summed E-state index contributed by atoms with van der Waals surface area (Å²) in [6.45, 7) is 3.78. The molecule has 3 nitrogen and oxygen atoms in total. The van der Waals surface area contributed by atoms with Gasteiger partial charge in [-0.25, -0.2) is 0 Å². The number of hydrogen-bond donors (Lipinski definition) is 1. The van der Waals surface area contributed by atoms with Crippen molar-refractivity contribution in [2.45, 2.75) is 38.7 Å². The summed E-state index contributed by atoms with van der Waals surface area (Å²) in [6.07, 6.45) is 7.20. The SMILES string of the molecule is CCc1cnccc1C(O)CC1CCOCC1. The molecular formula is C14H21NO2. The Kier molecular flexibility index (Phi) is 4.51.